The fourth-order valence-corrected chi connectivity index (χ4v) is 2.51. The van der Waals surface area contributed by atoms with E-state index >= 15 is 0 Å². The first-order valence-electron chi connectivity index (χ1n) is 6.70. The van der Waals surface area contributed by atoms with Crippen molar-refractivity contribution in [2.24, 2.45) is 0 Å². The van der Waals surface area contributed by atoms with Crippen LogP contribution in [0.1, 0.15) is 67.7 Å². The minimum atomic E-state index is 0.439. The largest absolute Gasteiger partial charge is 0.231 e. The summed E-state index contributed by atoms with van der Waals surface area (Å²) in [6, 6.07) is 0. The second-order valence-electron chi connectivity index (χ2n) is 5.76. The van der Waals surface area contributed by atoms with Gasteiger partial charge in [-0.2, -0.15) is 5.10 Å². The van der Waals surface area contributed by atoms with E-state index in [1.54, 1.807) is 0 Å². The van der Waals surface area contributed by atoms with Crippen LogP contribution < -0.4 is 0 Å². The zero-order chi connectivity index (χ0) is 13.6. The smallest absolute Gasteiger partial charge is 0.157 e. The zero-order valence-electron chi connectivity index (χ0n) is 12.5. The van der Waals surface area contributed by atoms with Gasteiger partial charge in [-0.05, 0) is 43.7 Å². The Morgan fingerprint density at radius 1 is 0.833 bits per heavy atom. The van der Waals surface area contributed by atoms with E-state index in [2.05, 4.69) is 48.5 Å². The van der Waals surface area contributed by atoms with Crippen LogP contribution in [0.4, 0.5) is 0 Å². The molecule has 2 rings (SSSR count). The van der Waals surface area contributed by atoms with E-state index in [4.69, 9.17) is 10.1 Å². The summed E-state index contributed by atoms with van der Waals surface area (Å²) in [6.45, 7) is 15.2. The summed E-state index contributed by atoms with van der Waals surface area (Å²) in [5, 5.41) is 4.79. The Bertz CT molecular complexity index is 592. The van der Waals surface area contributed by atoms with Crippen LogP contribution in [-0.2, 0) is 0 Å². The Hall–Kier alpha value is -1.38. The molecule has 18 heavy (non-hydrogen) atoms. The number of aryl methyl sites for hydroxylation is 2. The van der Waals surface area contributed by atoms with Crippen LogP contribution in [0.2, 0.25) is 0 Å². The minimum absolute atomic E-state index is 0.439. The molecule has 2 heterocycles. The number of nitrogens with zero attached hydrogens (tertiary/aromatic N) is 3. The highest BCUT2D eigenvalue weighted by atomic mass is 15.3. The number of hydrogen-bond donors (Lipinski definition) is 0. The molecule has 3 nitrogen and oxygen atoms in total. The maximum atomic E-state index is 4.79. The predicted molar refractivity (Wildman–Crippen MR) is 75.4 cm³/mol. The van der Waals surface area contributed by atoms with Crippen molar-refractivity contribution in [3.63, 3.8) is 0 Å². The van der Waals surface area contributed by atoms with Crippen molar-refractivity contribution >= 4 is 5.65 Å². The molecule has 0 aliphatic carbocycles. The summed E-state index contributed by atoms with van der Waals surface area (Å²) in [5.74, 6) is 0.881. The van der Waals surface area contributed by atoms with E-state index in [1.807, 2.05) is 4.52 Å². The van der Waals surface area contributed by atoms with Crippen LogP contribution in [0.25, 0.3) is 5.65 Å². The second-order valence-corrected chi connectivity index (χ2v) is 5.76. The zero-order valence-corrected chi connectivity index (χ0v) is 12.5. The Labute approximate surface area is 109 Å². The summed E-state index contributed by atoms with van der Waals surface area (Å²) in [5.41, 5.74) is 7.05. The molecule has 0 saturated carbocycles. The van der Waals surface area contributed by atoms with Gasteiger partial charge in [0.1, 0.15) is 0 Å². The van der Waals surface area contributed by atoms with Crippen molar-refractivity contribution in [3.8, 4) is 0 Å². The average molecular weight is 245 g/mol. The van der Waals surface area contributed by atoms with E-state index in [1.165, 1.54) is 22.5 Å². The first-order valence-corrected chi connectivity index (χ1v) is 6.70. The van der Waals surface area contributed by atoms with Gasteiger partial charge in [0.05, 0.1) is 17.1 Å². The highest BCUT2D eigenvalue weighted by Crippen LogP contribution is 2.26. The summed E-state index contributed by atoms with van der Waals surface area (Å²) in [7, 11) is 0. The molecule has 0 aliphatic rings. The van der Waals surface area contributed by atoms with Gasteiger partial charge in [0.15, 0.2) is 5.65 Å². The molecule has 0 fully saturated rings. The first-order chi connectivity index (χ1) is 8.34. The van der Waals surface area contributed by atoms with E-state index in [9.17, 15) is 0 Å². The summed E-state index contributed by atoms with van der Waals surface area (Å²) < 4.78 is 2.02. The van der Waals surface area contributed by atoms with Crippen LogP contribution in [0.5, 0.6) is 0 Å². The van der Waals surface area contributed by atoms with Crippen molar-refractivity contribution in [1.29, 1.82) is 0 Å². The van der Waals surface area contributed by atoms with E-state index < -0.39 is 0 Å². The molecule has 0 saturated heterocycles. The van der Waals surface area contributed by atoms with Gasteiger partial charge in [0.2, 0.25) is 0 Å². The molecule has 2 aromatic heterocycles. The van der Waals surface area contributed by atoms with Crippen molar-refractivity contribution in [1.82, 2.24) is 14.6 Å². The topological polar surface area (TPSA) is 30.2 Å². The van der Waals surface area contributed by atoms with E-state index in [0.717, 1.165) is 11.3 Å². The Morgan fingerprint density at radius 2 is 1.39 bits per heavy atom. The maximum Gasteiger partial charge on any atom is 0.157 e. The summed E-state index contributed by atoms with van der Waals surface area (Å²) in [6.07, 6.45) is 0. The van der Waals surface area contributed by atoms with Gasteiger partial charge in [-0.25, -0.2) is 9.50 Å². The van der Waals surface area contributed by atoms with Gasteiger partial charge in [0, 0.05) is 0 Å². The molecule has 0 aliphatic heterocycles. The van der Waals surface area contributed by atoms with Crippen molar-refractivity contribution in [2.45, 2.75) is 60.3 Å². The van der Waals surface area contributed by atoms with E-state index in [-0.39, 0.29) is 0 Å². The number of fused-ring (bicyclic) bond motifs is 1. The fraction of sp³-hybridized carbons (Fsp3) is 0.600. The third-order valence-corrected chi connectivity index (χ3v) is 3.70. The molecule has 0 spiro atoms. The number of rotatable bonds is 2. The quantitative estimate of drug-likeness (QED) is 0.803. The van der Waals surface area contributed by atoms with Gasteiger partial charge in [-0.1, -0.05) is 27.7 Å². The van der Waals surface area contributed by atoms with Crippen LogP contribution >= 0.6 is 0 Å². The molecule has 0 amide bonds. The molecule has 0 bridgehead atoms. The fourth-order valence-electron chi connectivity index (χ4n) is 2.51. The SMILES string of the molecule is Cc1c(C(C)C)nn2c(C)c(C(C)C)nc2c1C. The molecule has 2 aromatic rings. The van der Waals surface area contributed by atoms with Crippen molar-refractivity contribution in [2.75, 3.05) is 0 Å². The van der Waals surface area contributed by atoms with Crippen molar-refractivity contribution < 1.29 is 0 Å². The molecule has 0 unspecified atom stereocenters. The molecular formula is C15H23N3. The third kappa shape index (κ3) is 1.82. The van der Waals surface area contributed by atoms with E-state index in [0.29, 0.717) is 11.8 Å². The number of aromatic nitrogens is 3. The molecule has 3 heteroatoms. The van der Waals surface area contributed by atoms with Gasteiger partial charge >= 0.3 is 0 Å². The lowest BCUT2D eigenvalue weighted by atomic mass is 10.0. The Balaban J connectivity index is 2.83. The van der Waals surface area contributed by atoms with Gasteiger partial charge in [0.25, 0.3) is 0 Å². The molecule has 98 valence electrons. The summed E-state index contributed by atoms with van der Waals surface area (Å²) in [4.78, 5) is 4.77. The Morgan fingerprint density at radius 3 is 1.89 bits per heavy atom. The molecule has 0 atom stereocenters. The van der Waals surface area contributed by atoms with Crippen LogP contribution in [0, 0.1) is 20.8 Å². The van der Waals surface area contributed by atoms with Gasteiger partial charge in [-0.3, -0.25) is 0 Å². The second kappa shape index (κ2) is 4.38. The van der Waals surface area contributed by atoms with Crippen LogP contribution in [0.15, 0.2) is 0 Å². The average Bonchev–Trinajstić information content (AvgIpc) is 2.61. The van der Waals surface area contributed by atoms with Gasteiger partial charge < -0.3 is 0 Å². The predicted octanol–water partition coefficient (Wildman–Crippen LogP) is 3.90. The lowest BCUT2D eigenvalue weighted by molar-refractivity contribution is 0.736. The van der Waals surface area contributed by atoms with Crippen molar-refractivity contribution in [3.05, 3.63) is 28.2 Å². The summed E-state index contributed by atoms with van der Waals surface area (Å²) >= 11 is 0. The Kier molecular flexibility index (Phi) is 3.18. The maximum absolute atomic E-state index is 4.79. The highest BCUT2D eigenvalue weighted by Gasteiger charge is 2.18. The number of imidazole rings is 1. The van der Waals surface area contributed by atoms with Crippen LogP contribution in [0.3, 0.4) is 0 Å². The standard InChI is InChI=1S/C15H23N3/c1-8(2)13-10(5)11(6)15-16-14(9(3)4)12(7)18(15)17-13/h8-9H,1-7H3. The third-order valence-electron chi connectivity index (χ3n) is 3.70. The lowest BCUT2D eigenvalue weighted by Gasteiger charge is -2.12. The molecule has 0 aromatic carbocycles. The first kappa shape index (κ1) is 13.1. The van der Waals surface area contributed by atoms with Crippen LogP contribution in [-0.4, -0.2) is 14.6 Å². The molecule has 0 radical (unpaired) electrons. The minimum Gasteiger partial charge on any atom is -0.231 e. The highest BCUT2D eigenvalue weighted by molar-refractivity contribution is 5.54. The van der Waals surface area contributed by atoms with Gasteiger partial charge in [-0.15, -0.1) is 0 Å². The monoisotopic (exact) mass is 245 g/mol. The lowest BCUT2D eigenvalue weighted by Crippen LogP contribution is -2.07. The number of hydrogen-bond acceptors (Lipinski definition) is 2. The molecule has 0 N–H and O–H groups in total. The normalized spacial score (nSPS) is 12.1. The molecular weight excluding hydrogens is 222 g/mol.